The molecule has 4 nitrogen and oxygen atoms in total. The number of carbonyl (C=O) groups excluding carboxylic acids is 1. The molecule has 2 aromatic carbocycles. The van der Waals surface area contributed by atoms with E-state index in [1.54, 1.807) is 11.3 Å². The summed E-state index contributed by atoms with van der Waals surface area (Å²) in [4.78, 5) is 16.7. The summed E-state index contributed by atoms with van der Waals surface area (Å²) in [6, 6.07) is 17.3. The Hall–Kier alpha value is -2.24. The summed E-state index contributed by atoms with van der Waals surface area (Å²) >= 11 is 1.66. The van der Waals surface area contributed by atoms with Gasteiger partial charge in [0.2, 0.25) is 5.91 Å². The number of aliphatic hydroxyl groups excluding tert-OH is 1. The Morgan fingerprint density at radius 3 is 2.62 bits per heavy atom. The van der Waals surface area contributed by atoms with Crippen LogP contribution in [0.2, 0.25) is 0 Å². The molecule has 3 aromatic rings. The highest BCUT2D eigenvalue weighted by Gasteiger charge is 2.15. The SMILES string of the molecule is CC(CNC(=O)CC(O)c1ccccc1)c1nc2ccccc2s1. The smallest absolute Gasteiger partial charge is 0.222 e. The van der Waals surface area contributed by atoms with E-state index in [1.807, 2.05) is 55.5 Å². The number of thiazole rings is 1. The average molecular weight is 340 g/mol. The van der Waals surface area contributed by atoms with Gasteiger partial charge in [0, 0.05) is 12.5 Å². The van der Waals surface area contributed by atoms with Gasteiger partial charge in [0.25, 0.3) is 0 Å². The Bertz CT molecular complexity index is 783. The van der Waals surface area contributed by atoms with Crippen molar-refractivity contribution in [3.63, 3.8) is 0 Å². The third-order valence-electron chi connectivity index (χ3n) is 3.90. The molecule has 0 spiro atoms. The highest BCUT2D eigenvalue weighted by atomic mass is 32.1. The molecule has 0 saturated heterocycles. The Kier molecular flexibility index (Phi) is 5.23. The van der Waals surface area contributed by atoms with Crippen LogP contribution in [0.4, 0.5) is 0 Å². The molecule has 5 heteroatoms. The molecule has 0 fully saturated rings. The van der Waals surface area contributed by atoms with Crippen LogP contribution < -0.4 is 5.32 Å². The van der Waals surface area contributed by atoms with Gasteiger partial charge in [-0.15, -0.1) is 11.3 Å². The second-order valence-corrected chi connectivity index (χ2v) is 6.92. The van der Waals surface area contributed by atoms with Gasteiger partial charge in [-0.25, -0.2) is 4.98 Å². The minimum atomic E-state index is -0.774. The molecule has 24 heavy (non-hydrogen) atoms. The summed E-state index contributed by atoms with van der Waals surface area (Å²) in [6.45, 7) is 2.56. The lowest BCUT2D eigenvalue weighted by atomic mass is 10.1. The molecule has 0 aliphatic carbocycles. The molecule has 0 saturated carbocycles. The van der Waals surface area contributed by atoms with Crippen LogP contribution in [0.15, 0.2) is 54.6 Å². The maximum absolute atomic E-state index is 12.0. The average Bonchev–Trinajstić information content (AvgIpc) is 3.04. The summed E-state index contributed by atoms with van der Waals surface area (Å²) in [6.07, 6.45) is -0.708. The van der Waals surface area contributed by atoms with Crippen molar-refractivity contribution in [2.75, 3.05) is 6.54 Å². The van der Waals surface area contributed by atoms with Gasteiger partial charge >= 0.3 is 0 Å². The van der Waals surface area contributed by atoms with Crippen molar-refractivity contribution in [2.24, 2.45) is 0 Å². The number of aromatic nitrogens is 1. The fraction of sp³-hybridized carbons (Fsp3) is 0.263. The number of hydrogen-bond donors (Lipinski definition) is 2. The third kappa shape index (κ3) is 3.99. The number of aliphatic hydroxyl groups is 1. The third-order valence-corrected chi connectivity index (χ3v) is 5.17. The predicted octanol–water partition coefficient (Wildman–Crippen LogP) is 3.64. The first-order valence-electron chi connectivity index (χ1n) is 7.98. The maximum Gasteiger partial charge on any atom is 0.222 e. The Balaban J connectivity index is 1.54. The van der Waals surface area contributed by atoms with Crippen molar-refractivity contribution in [1.82, 2.24) is 10.3 Å². The van der Waals surface area contributed by atoms with E-state index in [1.165, 1.54) is 0 Å². The van der Waals surface area contributed by atoms with Crippen LogP contribution in [0.1, 0.15) is 35.9 Å². The largest absolute Gasteiger partial charge is 0.388 e. The van der Waals surface area contributed by atoms with E-state index in [2.05, 4.69) is 16.4 Å². The minimum absolute atomic E-state index is 0.0660. The highest BCUT2D eigenvalue weighted by molar-refractivity contribution is 7.18. The van der Waals surface area contributed by atoms with Gasteiger partial charge < -0.3 is 10.4 Å². The number of amides is 1. The molecule has 3 rings (SSSR count). The van der Waals surface area contributed by atoms with Gasteiger partial charge in [-0.05, 0) is 17.7 Å². The summed E-state index contributed by atoms with van der Waals surface area (Å²) in [7, 11) is 0. The van der Waals surface area contributed by atoms with Gasteiger partial charge in [0.15, 0.2) is 0 Å². The molecule has 1 heterocycles. The maximum atomic E-state index is 12.0. The van der Waals surface area contributed by atoms with E-state index in [0.717, 1.165) is 20.8 Å². The van der Waals surface area contributed by atoms with E-state index in [0.29, 0.717) is 6.54 Å². The number of hydrogen-bond acceptors (Lipinski definition) is 4. The lowest BCUT2D eigenvalue weighted by Gasteiger charge is -2.13. The molecule has 0 radical (unpaired) electrons. The van der Waals surface area contributed by atoms with E-state index in [4.69, 9.17) is 0 Å². The predicted molar refractivity (Wildman–Crippen MR) is 97.1 cm³/mol. The lowest BCUT2D eigenvalue weighted by molar-refractivity contribution is -0.123. The van der Waals surface area contributed by atoms with E-state index < -0.39 is 6.10 Å². The monoisotopic (exact) mass is 340 g/mol. The first-order valence-corrected chi connectivity index (χ1v) is 8.80. The van der Waals surface area contributed by atoms with E-state index in [9.17, 15) is 9.90 Å². The van der Waals surface area contributed by atoms with Gasteiger partial charge in [-0.1, -0.05) is 49.4 Å². The van der Waals surface area contributed by atoms with Crippen molar-refractivity contribution in [2.45, 2.75) is 25.4 Å². The molecule has 2 N–H and O–H groups in total. The Morgan fingerprint density at radius 2 is 1.88 bits per heavy atom. The molecule has 2 atom stereocenters. The van der Waals surface area contributed by atoms with Crippen molar-refractivity contribution < 1.29 is 9.90 Å². The van der Waals surface area contributed by atoms with Crippen LogP contribution in [0.25, 0.3) is 10.2 Å². The van der Waals surface area contributed by atoms with E-state index in [-0.39, 0.29) is 18.2 Å². The molecule has 124 valence electrons. The number of carbonyl (C=O) groups is 1. The van der Waals surface area contributed by atoms with Crippen molar-refractivity contribution in [1.29, 1.82) is 0 Å². The van der Waals surface area contributed by atoms with Crippen LogP contribution in [0.3, 0.4) is 0 Å². The molecular weight excluding hydrogens is 320 g/mol. The zero-order valence-electron chi connectivity index (χ0n) is 13.5. The lowest BCUT2D eigenvalue weighted by Crippen LogP contribution is -2.28. The summed E-state index contributed by atoms with van der Waals surface area (Å²) in [5.41, 5.74) is 1.75. The standard InChI is InChI=1S/C19H20N2O2S/c1-13(19-21-15-9-5-6-10-17(15)24-19)12-20-18(23)11-16(22)14-7-3-2-4-8-14/h2-10,13,16,22H,11-12H2,1H3,(H,20,23). The number of fused-ring (bicyclic) bond motifs is 1. The van der Waals surface area contributed by atoms with Gasteiger partial charge in [-0.3, -0.25) is 4.79 Å². The highest BCUT2D eigenvalue weighted by Crippen LogP contribution is 2.27. The van der Waals surface area contributed by atoms with Crippen molar-refractivity contribution in [3.05, 3.63) is 65.2 Å². The fourth-order valence-electron chi connectivity index (χ4n) is 2.50. The first kappa shape index (κ1) is 16.6. The van der Waals surface area contributed by atoms with Crippen LogP contribution in [0.5, 0.6) is 0 Å². The molecule has 0 aliphatic rings. The molecule has 1 amide bonds. The summed E-state index contributed by atoms with van der Waals surface area (Å²) in [5, 5.41) is 14.0. The van der Waals surface area contributed by atoms with Crippen molar-refractivity contribution in [3.8, 4) is 0 Å². The fourth-order valence-corrected chi connectivity index (χ4v) is 3.51. The van der Waals surface area contributed by atoms with Gasteiger partial charge in [0.05, 0.1) is 27.7 Å². The van der Waals surface area contributed by atoms with Crippen LogP contribution in [0, 0.1) is 0 Å². The molecular formula is C19H20N2O2S. The number of nitrogens with zero attached hydrogens (tertiary/aromatic N) is 1. The number of benzene rings is 2. The number of nitrogens with one attached hydrogen (secondary N) is 1. The zero-order valence-corrected chi connectivity index (χ0v) is 14.3. The van der Waals surface area contributed by atoms with Crippen LogP contribution in [-0.2, 0) is 4.79 Å². The Labute approximate surface area is 145 Å². The molecule has 1 aromatic heterocycles. The molecule has 0 bridgehead atoms. The van der Waals surface area contributed by atoms with E-state index >= 15 is 0 Å². The zero-order chi connectivity index (χ0) is 16.9. The number of para-hydroxylation sites is 1. The van der Waals surface area contributed by atoms with Crippen LogP contribution >= 0.6 is 11.3 Å². The van der Waals surface area contributed by atoms with Crippen molar-refractivity contribution >= 4 is 27.5 Å². The quantitative estimate of drug-likeness (QED) is 0.720. The topological polar surface area (TPSA) is 62.2 Å². The second kappa shape index (κ2) is 7.55. The second-order valence-electron chi connectivity index (χ2n) is 5.86. The minimum Gasteiger partial charge on any atom is -0.388 e. The Morgan fingerprint density at radius 1 is 1.17 bits per heavy atom. The summed E-state index contributed by atoms with van der Waals surface area (Å²) < 4.78 is 1.16. The molecule has 2 unspecified atom stereocenters. The molecule has 0 aliphatic heterocycles. The van der Waals surface area contributed by atoms with Gasteiger partial charge in [0.1, 0.15) is 0 Å². The first-order chi connectivity index (χ1) is 11.6. The van der Waals surface area contributed by atoms with Gasteiger partial charge in [-0.2, -0.15) is 0 Å². The number of rotatable bonds is 6. The van der Waals surface area contributed by atoms with Crippen LogP contribution in [-0.4, -0.2) is 22.5 Å². The summed E-state index contributed by atoms with van der Waals surface area (Å²) in [5.74, 6) is -0.0143. The normalized spacial score (nSPS) is 13.6.